The van der Waals surface area contributed by atoms with Gasteiger partial charge in [0.2, 0.25) is 5.91 Å². The molecule has 2 aliphatic heterocycles. The number of rotatable bonds is 0. The lowest BCUT2D eigenvalue weighted by molar-refractivity contribution is -0.116. The van der Waals surface area contributed by atoms with E-state index >= 15 is 0 Å². The van der Waals surface area contributed by atoms with E-state index in [0.29, 0.717) is 13.0 Å². The zero-order chi connectivity index (χ0) is 14.2. The predicted octanol–water partition coefficient (Wildman–Crippen LogP) is 3.45. The van der Waals surface area contributed by atoms with E-state index in [0.717, 1.165) is 30.1 Å². The van der Waals surface area contributed by atoms with Crippen LogP contribution in [0, 0.1) is 0 Å². The summed E-state index contributed by atoms with van der Waals surface area (Å²) in [6, 6.07) is 14.1. The molecule has 0 unspecified atom stereocenters. The summed E-state index contributed by atoms with van der Waals surface area (Å²) in [4.78, 5) is 14.2. The van der Waals surface area contributed by atoms with Gasteiger partial charge in [0.05, 0.1) is 5.69 Å². The Kier molecular flexibility index (Phi) is 2.81. The fourth-order valence-corrected chi connectivity index (χ4v) is 3.03. The van der Waals surface area contributed by atoms with Crippen molar-refractivity contribution in [3.63, 3.8) is 0 Å². The summed E-state index contributed by atoms with van der Waals surface area (Å²) in [5.74, 6) is 0.895. The van der Waals surface area contributed by atoms with Crippen LogP contribution in [0.2, 0.25) is 0 Å². The smallest absolute Gasteiger partial charge is 0.224 e. The molecule has 0 saturated carbocycles. The van der Waals surface area contributed by atoms with E-state index in [-0.39, 0.29) is 5.91 Å². The van der Waals surface area contributed by atoms with Gasteiger partial charge in [-0.3, -0.25) is 4.79 Å². The Morgan fingerprint density at radius 3 is 2.95 bits per heavy atom. The standard InChI is InChI=1S/C17H16N2O2/c20-16-9-4-10-19-14-7-2-1-5-12(14)11-21-15-8-3-6-13(18-16)17(15)19/h1-3,5-8H,4,9-11H2,(H,18,20). The summed E-state index contributed by atoms with van der Waals surface area (Å²) in [5, 5.41) is 3.00. The molecular weight excluding hydrogens is 264 g/mol. The molecule has 0 radical (unpaired) electrons. The molecule has 0 fully saturated rings. The first-order chi connectivity index (χ1) is 10.3. The number of fused-ring (bicyclic) bond motifs is 2. The summed E-state index contributed by atoms with van der Waals surface area (Å²) in [6.45, 7) is 1.37. The molecule has 4 rings (SSSR count). The molecule has 2 aromatic carbocycles. The Morgan fingerprint density at radius 2 is 2.00 bits per heavy atom. The lowest BCUT2D eigenvalue weighted by Gasteiger charge is -2.29. The highest BCUT2D eigenvalue weighted by atomic mass is 16.5. The van der Waals surface area contributed by atoms with Gasteiger partial charge in [-0.2, -0.15) is 0 Å². The molecule has 2 heterocycles. The van der Waals surface area contributed by atoms with Crippen molar-refractivity contribution in [3.8, 4) is 5.75 Å². The van der Waals surface area contributed by atoms with E-state index < -0.39 is 0 Å². The van der Waals surface area contributed by atoms with Gasteiger partial charge in [0.25, 0.3) is 0 Å². The molecule has 4 nitrogen and oxygen atoms in total. The molecule has 0 aromatic heterocycles. The van der Waals surface area contributed by atoms with Crippen molar-refractivity contribution >= 4 is 23.0 Å². The van der Waals surface area contributed by atoms with Crippen molar-refractivity contribution in [2.45, 2.75) is 19.4 Å². The molecule has 0 bridgehead atoms. The molecule has 0 saturated heterocycles. The van der Waals surface area contributed by atoms with Gasteiger partial charge in [0, 0.05) is 24.2 Å². The molecule has 106 valence electrons. The highest BCUT2D eigenvalue weighted by Crippen LogP contribution is 2.44. The quantitative estimate of drug-likeness (QED) is 0.803. The number of para-hydroxylation sites is 2. The molecule has 2 aromatic rings. The van der Waals surface area contributed by atoms with Crippen molar-refractivity contribution in [2.75, 3.05) is 16.8 Å². The number of hydrogen-bond donors (Lipinski definition) is 1. The van der Waals surface area contributed by atoms with Crippen LogP contribution in [0.5, 0.6) is 5.75 Å². The Morgan fingerprint density at radius 1 is 1.10 bits per heavy atom. The van der Waals surface area contributed by atoms with Crippen LogP contribution >= 0.6 is 0 Å². The number of benzene rings is 2. The third-order valence-electron chi connectivity index (χ3n) is 3.99. The number of ether oxygens (including phenoxy) is 1. The van der Waals surface area contributed by atoms with Crippen LogP contribution in [0.15, 0.2) is 42.5 Å². The molecule has 0 spiro atoms. The van der Waals surface area contributed by atoms with Gasteiger partial charge >= 0.3 is 0 Å². The summed E-state index contributed by atoms with van der Waals surface area (Å²) in [7, 11) is 0. The Bertz CT molecular complexity index is 712. The number of nitrogens with zero attached hydrogens (tertiary/aromatic N) is 1. The fourth-order valence-electron chi connectivity index (χ4n) is 3.03. The van der Waals surface area contributed by atoms with Gasteiger partial charge in [-0.1, -0.05) is 24.3 Å². The maximum Gasteiger partial charge on any atom is 0.224 e. The molecule has 1 N–H and O–H groups in total. The zero-order valence-electron chi connectivity index (χ0n) is 11.6. The highest BCUT2D eigenvalue weighted by molar-refractivity contribution is 5.97. The van der Waals surface area contributed by atoms with Crippen LogP contribution in [0.3, 0.4) is 0 Å². The second kappa shape index (κ2) is 4.81. The van der Waals surface area contributed by atoms with Gasteiger partial charge < -0.3 is 15.0 Å². The third-order valence-corrected chi connectivity index (χ3v) is 3.99. The van der Waals surface area contributed by atoms with Gasteiger partial charge in [0.1, 0.15) is 18.0 Å². The van der Waals surface area contributed by atoms with Gasteiger partial charge in [-0.15, -0.1) is 0 Å². The van der Waals surface area contributed by atoms with E-state index in [1.54, 1.807) is 0 Å². The normalized spacial score (nSPS) is 16.6. The van der Waals surface area contributed by atoms with Crippen LogP contribution in [-0.4, -0.2) is 12.5 Å². The minimum atomic E-state index is 0.0700. The molecule has 0 atom stereocenters. The largest absolute Gasteiger partial charge is 0.487 e. The first-order valence-electron chi connectivity index (χ1n) is 7.24. The van der Waals surface area contributed by atoms with Crippen molar-refractivity contribution in [1.29, 1.82) is 0 Å². The second-order valence-electron chi connectivity index (χ2n) is 5.37. The summed E-state index contributed by atoms with van der Waals surface area (Å²) < 4.78 is 5.96. The van der Waals surface area contributed by atoms with E-state index in [9.17, 15) is 4.79 Å². The number of nitrogens with one attached hydrogen (secondary N) is 1. The van der Waals surface area contributed by atoms with Crippen molar-refractivity contribution in [3.05, 3.63) is 48.0 Å². The first-order valence-corrected chi connectivity index (χ1v) is 7.24. The van der Waals surface area contributed by atoms with Crippen LogP contribution in [0.1, 0.15) is 18.4 Å². The maximum atomic E-state index is 11.9. The van der Waals surface area contributed by atoms with Crippen molar-refractivity contribution < 1.29 is 9.53 Å². The van der Waals surface area contributed by atoms with E-state index in [2.05, 4.69) is 22.3 Å². The summed E-state index contributed by atoms with van der Waals surface area (Å²) in [5.41, 5.74) is 4.14. The number of hydrogen-bond acceptors (Lipinski definition) is 3. The van der Waals surface area contributed by atoms with Crippen LogP contribution in [0.25, 0.3) is 0 Å². The third kappa shape index (κ3) is 2.03. The maximum absolute atomic E-state index is 11.9. The SMILES string of the molecule is O=C1CCCN2c3ccccc3COc3cccc(c32)N1. The summed E-state index contributed by atoms with van der Waals surface area (Å²) in [6.07, 6.45) is 1.37. The summed E-state index contributed by atoms with van der Waals surface area (Å²) >= 11 is 0. The predicted molar refractivity (Wildman–Crippen MR) is 82.1 cm³/mol. The topological polar surface area (TPSA) is 41.6 Å². The lowest BCUT2D eigenvalue weighted by Crippen LogP contribution is -2.25. The molecular formula is C17H16N2O2. The minimum Gasteiger partial charge on any atom is -0.487 e. The Hall–Kier alpha value is -2.49. The fraction of sp³-hybridized carbons (Fsp3) is 0.235. The average molecular weight is 280 g/mol. The average Bonchev–Trinajstić information content (AvgIpc) is 2.64. The van der Waals surface area contributed by atoms with E-state index in [4.69, 9.17) is 4.74 Å². The van der Waals surface area contributed by atoms with Crippen LogP contribution < -0.4 is 15.0 Å². The van der Waals surface area contributed by atoms with Crippen molar-refractivity contribution in [2.24, 2.45) is 0 Å². The number of anilines is 3. The molecule has 0 aliphatic carbocycles. The van der Waals surface area contributed by atoms with Crippen LogP contribution in [-0.2, 0) is 11.4 Å². The number of carbonyl (C=O) groups excluding carboxylic acids is 1. The second-order valence-corrected chi connectivity index (χ2v) is 5.37. The molecule has 1 amide bonds. The molecule has 2 aliphatic rings. The van der Waals surface area contributed by atoms with Crippen LogP contribution in [0.4, 0.5) is 17.1 Å². The monoisotopic (exact) mass is 280 g/mol. The van der Waals surface area contributed by atoms with E-state index in [1.807, 2.05) is 30.3 Å². The minimum absolute atomic E-state index is 0.0700. The number of amides is 1. The lowest BCUT2D eigenvalue weighted by atomic mass is 10.1. The van der Waals surface area contributed by atoms with Crippen molar-refractivity contribution in [1.82, 2.24) is 0 Å². The number of carbonyl (C=O) groups is 1. The first kappa shape index (κ1) is 12.3. The van der Waals surface area contributed by atoms with Gasteiger partial charge in [0.15, 0.2) is 0 Å². The molecule has 21 heavy (non-hydrogen) atoms. The van der Waals surface area contributed by atoms with E-state index in [1.165, 1.54) is 11.3 Å². The van der Waals surface area contributed by atoms with Gasteiger partial charge in [-0.25, -0.2) is 0 Å². The molecule has 4 heteroatoms. The Balaban J connectivity index is 1.94. The highest BCUT2D eigenvalue weighted by Gasteiger charge is 2.26. The Labute approximate surface area is 123 Å². The zero-order valence-corrected chi connectivity index (χ0v) is 11.6. The van der Waals surface area contributed by atoms with Gasteiger partial charge in [-0.05, 0) is 24.6 Å².